The van der Waals surface area contributed by atoms with E-state index in [-0.39, 0.29) is 24.4 Å². The van der Waals surface area contributed by atoms with Gasteiger partial charge >= 0.3 is 0 Å². The lowest BCUT2D eigenvalue weighted by Crippen LogP contribution is -2.52. The van der Waals surface area contributed by atoms with Crippen LogP contribution in [0.2, 0.25) is 0 Å². The van der Waals surface area contributed by atoms with Crippen LogP contribution in [0.3, 0.4) is 0 Å². The number of carbonyl (C=O) groups excluding carboxylic acids is 2. The van der Waals surface area contributed by atoms with Crippen molar-refractivity contribution in [2.75, 3.05) is 44.7 Å². The number of hydrogen-bond donors (Lipinski definition) is 0. The van der Waals surface area contributed by atoms with E-state index in [1.807, 2.05) is 41.3 Å². The van der Waals surface area contributed by atoms with Crippen LogP contribution in [0.5, 0.6) is 5.75 Å². The van der Waals surface area contributed by atoms with Gasteiger partial charge in [-0.05, 0) is 37.1 Å². The summed E-state index contributed by atoms with van der Waals surface area (Å²) in [6.07, 6.45) is 2.01. The zero-order valence-corrected chi connectivity index (χ0v) is 17.5. The van der Waals surface area contributed by atoms with Gasteiger partial charge in [-0.15, -0.1) is 10.2 Å². The minimum absolute atomic E-state index is 0.0177. The first-order valence-electron chi connectivity index (χ1n) is 10.3. The highest BCUT2D eigenvalue weighted by Gasteiger charge is 2.33. The van der Waals surface area contributed by atoms with Gasteiger partial charge in [0.2, 0.25) is 11.8 Å². The quantitative estimate of drug-likeness (QED) is 0.724. The van der Waals surface area contributed by atoms with Crippen molar-refractivity contribution >= 4 is 17.6 Å². The third-order valence-electron chi connectivity index (χ3n) is 5.67. The maximum Gasteiger partial charge on any atom is 0.242 e. The number of benzene rings is 1. The minimum atomic E-state index is -0.0177. The molecule has 0 spiro atoms. The van der Waals surface area contributed by atoms with Gasteiger partial charge < -0.3 is 19.4 Å². The van der Waals surface area contributed by atoms with E-state index in [1.165, 1.54) is 6.92 Å². The standard InChI is InChI=1S/C22H27N5O3/c1-16(28)27(18-6-7-18)15-22(29)26-12-10-25(11-13-26)21-9-8-20(23-24-21)17-4-3-5-19(14-17)30-2/h3-5,8-9,14,18H,6-7,10-13,15H2,1-2H3. The number of nitrogens with zero attached hydrogens (tertiary/aromatic N) is 5. The molecule has 2 heterocycles. The molecule has 0 bridgehead atoms. The van der Waals surface area contributed by atoms with Crippen LogP contribution in [0.1, 0.15) is 19.8 Å². The smallest absolute Gasteiger partial charge is 0.242 e. The van der Waals surface area contributed by atoms with E-state index in [0.717, 1.165) is 35.7 Å². The topological polar surface area (TPSA) is 78.9 Å². The summed E-state index contributed by atoms with van der Waals surface area (Å²) in [4.78, 5) is 30.1. The Morgan fingerprint density at radius 1 is 1.10 bits per heavy atom. The van der Waals surface area contributed by atoms with Gasteiger partial charge in [0.05, 0.1) is 19.3 Å². The molecule has 1 aromatic carbocycles. The van der Waals surface area contributed by atoms with Gasteiger partial charge in [0.15, 0.2) is 5.82 Å². The Kier molecular flexibility index (Phi) is 5.83. The first kappa shape index (κ1) is 20.1. The van der Waals surface area contributed by atoms with Crippen molar-refractivity contribution < 1.29 is 14.3 Å². The minimum Gasteiger partial charge on any atom is -0.497 e. The van der Waals surface area contributed by atoms with Gasteiger partial charge in [0.25, 0.3) is 0 Å². The van der Waals surface area contributed by atoms with E-state index >= 15 is 0 Å². The number of piperazine rings is 1. The van der Waals surface area contributed by atoms with Crippen LogP contribution < -0.4 is 9.64 Å². The molecule has 1 saturated carbocycles. The normalized spacial score (nSPS) is 16.3. The van der Waals surface area contributed by atoms with Gasteiger partial charge in [-0.25, -0.2) is 0 Å². The lowest BCUT2D eigenvalue weighted by Gasteiger charge is -2.36. The molecule has 2 aliphatic rings. The van der Waals surface area contributed by atoms with Crippen LogP contribution in [-0.2, 0) is 9.59 Å². The summed E-state index contributed by atoms with van der Waals surface area (Å²) in [6, 6.07) is 11.9. The molecule has 1 saturated heterocycles. The summed E-state index contributed by atoms with van der Waals surface area (Å²) in [5.41, 5.74) is 1.74. The highest BCUT2D eigenvalue weighted by Crippen LogP contribution is 2.27. The van der Waals surface area contributed by atoms with Crippen molar-refractivity contribution in [2.24, 2.45) is 0 Å². The zero-order chi connectivity index (χ0) is 21.1. The van der Waals surface area contributed by atoms with Crippen LogP contribution >= 0.6 is 0 Å². The molecule has 30 heavy (non-hydrogen) atoms. The molecule has 4 rings (SSSR count). The molecular weight excluding hydrogens is 382 g/mol. The highest BCUT2D eigenvalue weighted by atomic mass is 16.5. The summed E-state index contributed by atoms with van der Waals surface area (Å²) in [5, 5.41) is 8.75. The Morgan fingerprint density at radius 2 is 1.87 bits per heavy atom. The van der Waals surface area contributed by atoms with Gasteiger partial charge in [0, 0.05) is 44.7 Å². The predicted molar refractivity (Wildman–Crippen MR) is 113 cm³/mol. The summed E-state index contributed by atoms with van der Waals surface area (Å²) >= 11 is 0. The van der Waals surface area contributed by atoms with Gasteiger partial charge in [-0.2, -0.15) is 0 Å². The fraction of sp³-hybridized carbons (Fsp3) is 0.455. The molecule has 0 atom stereocenters. The summed E-state index contributed by atoms with van der Waals surface area (Å²) < 4.78 is 5.27. The number of amides is 2. The molecule has 2 aromatic rings. The summed E-state index contributed by atoms with van der Waals surface area (Å²) in [7, 11) is 1.64. The molecule has 1 aromatic heterocycles. The zero-order valence-electron chi connectivity index (χ0n) is 17.5. The number of ether oxygens (including phenoxy) is 1. The first-order valence-corrected chi connectivity index (χ1v) is 10.3. The number of anilines is 1. The average Bonchev–Trinajstić information content (AvgIpc) is 3.62. The van der Waals surface area contributed by atoms with E-state index in [4.69, 9.17) is 4.74 Å². The monoisotopic (exact) mass is 409 g/mol. The lowest BCUT2D eigenvalue weighted by molar-refractivity contribution is -0.140. The van der Waals surface area contributed by atoms with E-state index in [9.17, 15) is 9.59 Å². The largest absolute Gasteiger partial charge is 0.497 e. The number of aromatic nitrogens is 2. The van der Waals surface area contributed by atoms with Crippen molar-refractivity contribution in [3.63, 3.8) is 0 Å². The Hall–Kier alpha value is -3.16. The van der Waals surface area contributed by atoms with Crippen LogP contribution in [0.15, 0.2) is 36.4 Å². The van der Waals surface area contributed by atoms with Gasteiger partial charge in [-0.3, -0.25) is 9.59 Å². The molecule has 0 radical (unpaired) electrons. The van der Waals surface area contributed by atoms with Gasteiger partial charge in [0.1, 0.15) is 5.75 Å². The fourth-order valence-electron chi connectivity index (χ4n) is 3.74. The Labute approximate surface area is 176 Å². The third-order valence-corrected chi connectivity index (χ3v) is 5.67. The summed E-state index contributed by atoms with van der Waals surface area (Å²) in [6.45, 7) is 4.36. The SMILES string of the molecule is COc1cccc(-c2ccc(N3CCN(C(=O)CN(C(C)=O)C4CC4)CC3)nn2)c1. The molecule has 1 aliphatic heterocycles. The van der Waals surface area contributed by atoms with Crippen molar-refractivity contribution in [3.05, 3.63) is 36.4 Å². The second-order valence-electron chi connectivity index (χ2n) is 7.75. The van der Waals surface area contributed by atoms with Crippen molar-refractivity contribution in [3.8, 4) is 17.0 Å². The Morgan fingerprint density at radius 3 is 2.47 bits per heavy atom. The predicted octanol–water partition coefficient (Wildman–Crippen LogP) is 1.81. The van der Waals surface area contributed by atoms with E-state index in [2.05, 4.69) is 15.1 Å². The average molecular weight is 409 g/mol. The van der Waals surface area contributed by atoms with E-state index < -0.39 is 0 Å². The number of methoxy groups -OCH3 is 1. The van der Waals surface area contributed by atoms with Crippen LogP contribution in [0.25, 0.3) is 11.3 Å². The Bertz CT molecular complexity index is 905. The molecule has 0 unspecified atom stereocenters. The van der Waals surface area contributed by atoms with Crippen LogP contribution in [0.4, 0.5) is 5.82 Å². The molecule has 8 heteroatoms. The fourth-order valence-corrected chi connectivity index (χ4v) is 3.74. The number of carbonyl (C=O) groups is 2. The second kappa shape index (κ2) is 8.69. The van der Waals surface area contributed by atoms with E-state index in [1.54, 1.807) is 12.0 Å². The Balaban J connectivity index is 1.33. The van der Waals surface area contributed by atoms with Crippen molar-refractivity contribution in [2.45, 2.75) is 25.8 Å². The van der Waals surface area contributed by atoms with Crippen molar-refractivity contribution in [1.82, 2.24) is 20.0 Å². The molecule has 0 N–H and O–H groups in total. The third kappa shape index (κ3) is 4.53. The number of hydrogen-bond acceptors (Lipinski definition) is 6. The summed E-state index contributed by atoms with van der Waals surface area (Å²) in [5.74, 6) is 1.59. The maximum atomic E-state index is 12.6. The van der Waals surface area contributed by atoms with Crippen LogP contribution in [0, 0.1) is 0 Å². The molecular formula is C22H27N5O3. The highest BCUT2D eigenvalue weighted by molar-refractivity contribution is 5.84. The van der Waals surface area contributed by atoms with Gasteiger partial charge in [-0.1, -0.05) is 12.1 Å². The first-order chi connectivity index (χ1) is 14.5. The molecule has 2 fully saturated rings. The number of rotatable bonds is 6. The van der Waals surface area contributed by atoms with Crippen molar-refractivity contribution in [1.29, 1.82) is 0 Å². The molecule has 2 amide bonds. The lowest BCUT2D eigenvalue weighted by atomic mass is 10.1. The maximum absolute atomic E-state index is 12.6. The molecule has 8 nitrogen and oxygen atoms in total. The second-order valence-corrected chi connectivity index (χ2v) is 7.75. The molecule has 1 aliphatic carbocycles. The molecule has 158 valence electrons. The van der Waals surface area contributed by atoms with Crippen LogP contribution in [-0.4, -0.2) is 77.7 Å². The van der Waals surface area contributed by atoms with E-state index in [0.29, 0.717) is 26.2 Å².